The Hall–Kier alpha value is -0.710. The molecule has 0 aliphatic carbocycles. The number of carbonyl (C=O) groups is 2. The number of Topliss-reactive ketones (excluding diaryl/α,β-unsaturated/α-hetero) is 2. The Morgan fingerprint density at radius 3 is 1.94 bits per heavy atom. The van der Waals surface area contributed by atoms with Gasteiger partial charge in [-0.05, 0) is 20.3 Å². The van der Waals surface area contributed by atoms with Crippen molar-refractivity contribution in [2.45, 2.75) is 46.5 Å². The monoisotopic (exact) mass is 262 g/mol. The molecule has 0 amide bonds. The molecule has 0 radical (unpaired) electrons. The largest absolute Gasteiger partial charge is 0.299 e. The third-order valence-electron chi connectivity index (χ3n) is 2.71. The van der Waals surface area contributed by atoms with E-state index in [1.807, 2.05) is 0 Å². The van der Waals surface area contributed by atoms with Crippen LogP contribution in [0.4, 0.5) is 0 Å². The minimum absolute atomic E-state index is 0.0735. The molecule has 0 aliphatic heterocycles. The van der Waals surface area contributed by atoms with Gasteiger partial charge in [0.25, 0.3) is 0 Å². The van der Waals surface area contributed by atoms with Crippen LogP contribution in [0.3, 0.4) is 0 Å². The summed E-state index contributed by atoms with van der Waals surface area (Å²) in [5.74, 6) is -1.97. The molecular formula is C12H22O4S. The number of hydrogen-bond donors (Lipinski definition) is 0. The van der Waals surface area contributed by atoms with Crippen LogP contribution in [0.15, 0.2) is 0 Å². The Morgan fingerprint density at radius 1 is 1.00 bits per heavy atom. The Balaban J connectivity index is 4.32. The highest BCUT2D eigenvalue weighted by atomic mass is 32.2. The molecule has 0 saturated carbocycles. The van der Waals surface area contributed by atoms with E-state index in [1.165, 1.54) is 13.8 Å². The van der Waals surface area contributed by atoms with Crippen LogP contribution in [-0.4, -0.2) is 31.5 Å². The van der Waals surface area contributed by atoms with E-state index in [9.17, 15) is 18.0 Å². The van der Waals surface area contributed by atoms with Crippen molar-refractivity contribution in [3.8, 4) is 0 Å². The van der Waals surface area contributed by atoms with Crippen molar-refractivity contribution >= 4 is 21.4 Å². The van der Waals surface area contributed by atoms with Gasteiger partial charge < -0.3 is 0 Å². The molecule has 4 nitrogen and oxygen atoms in total. The molecule has 0 aromatic heterocycles. The van der Waals surface area contributed by atoms with Crippen LogP contribution in [0.25, 0.3) is 0 Å². The van der Waals surface area contributed by atoms with Crippen molar-refractivity contribution in [3.05, 3.63) is 0 Å². The maximum Gasteiger partial charge on any atom is 0.151 e. The van der Waals surface area contributed by atoms with Gasteiger partial charge in [-0.3, -0.25) is 9.59 Å². The SMILES string of the molecule is CCCCCCS(=O)(=O)CC(C(C)=O)C(C)=O. The van der Waals surface area contributed by atoms with E-state index in [2.05, 4.69) is 6.92 Å². The fourth-order valence-electron chi connectivity index (χ4n) is 1.61. The van der Waals surface area contributed by atoms with E-state index in [0.29, 0.717) is 6.42 Å². The summed E-state index contributed by atoms with van der Waals surface area (Å²) in [6.07, 6.45) is 3.54. The summed E-state index contributed by atoms with van der Waals surface area (Å²) in [6.45, 7) is 4.58. The third-order valence-corrected chi connectivity index (χ3v) is 4.46. The number of unbranched alkanes of at least 4 members (excludes halogenated alkanes) is 3. The first-order valence-electron chi connectivity index (χ1n) is 6.01. The van der Waals surface area contributed by atoms with Gasteiger partial charge in [0.2, 0.25) is 0 Å². The molecule has 0 atom stereocenters. The summed E-state index contributed by atoms with van der Waals surface area (Å²) in [5.41, 5.74) is 0. The second-order valence-corrected chi connectivity index (χ2v) is 6.68. The van der Waals surface area contributed by atoms with Gasteiger partial charge in [-0.15, -0.1) is 0 Å². The standard InChI is InChI=1S/C12H22O4S/c1-4-5-6-7-8-17(15,16)9-12(10(2)13)11(3)14/h12H,4-9H2,1-3H3. The van der Waals surface area contributed by atoms with Gasteiger partial charge in [0.1, 0.15) is 11.6 Å². The number of sulfone groups is 1. The first-order valence-corrected chi connectivity index (χ1v) is 7.83. The average molecular weight is 262 g/mol. The molecule has 0 fully saturated rings. The van der Waals surface area contributed by atoms with E-state index in [4.69, 9.17) is 0 Å². The number of ketones is 2. The van der Waals surface area contributed by atoms with Gasteiger partial charge in [-0.25, -0.2) is 8.42 Å². The lowest BCUT2D eigenvalue weighted by atomic mass is 10.0. The molecule has 17 heavy (non-hydrogen) atoms. The molecule has 0 spiro atoms. The molecule has 0 aromatic rings. The molecule has 0 N–H and O–H groups in total. The highest BCUT2D eigenvalue weighted by Crippen LogP contribution is 2.09. The summed E-state index contributed by atoms with van der Waals surface area (Å²) >= 11 is 0. The summed E-state index contributed by atoms with van der Waals surface area (Å²) in [4.78, 5) is 22.3. The predicted octanol–water partition coefficient (Wildman–Crippen LogP) is 1.78. The maximum absolute atomic E-state index is 11.7. The summed E-state index contributed by atoms with van der Waals surface area (Å²) in [5, 5.41) is 0. The second kappa shape index (κ2) is 7.58. The first-order chi connectivity index (χ1) is 7.80. The minimum atomic E-state index is -3.29. The lowest BCUT2D eigenvalue weighted by Crippen LogP contribution is -2.29. The van der Waals surface area contributed by atoms with Crippen LogP contribution >= 0.6 is 0 Å². The van der Waals surface area contributed by atoms with Gasteiger partial charge in [0.05, 0.1) is 17.4 Å². The van der Waals surface area contributed by atoms with Crippen LogP contribution in [0, 0.1) is 5.92 Å². The summed E-state index contributed by atoms with van der Waals surface area (Å²) in [6, 6.07) is 0. The highest BCUT2D eigenvalue weighted by Gasteiger charge is 2.26. The topological polar surface area (TPSA) is 68.3 Å². The van der Waals surface area contributed by atoms with Gasteiger partial charge in [0.15, 0.2) is 9.84 Å². The van der Waals surface area contributed by atoms with Crippen molar-refractivity contribution in [1.82, 2.24) is 0 Å². The Kier molecular flexibility index (Phi) is 7.27. The Morgan fingerprint density at radius 2 is 1.53 bits per heavy atom. The second-order valence-electron chi connectivity index (χ2n) is 4.45. The molecule has 0 heterocycles. The fraction of sp³-hybridized carbons (Fsp3) is 0.833. The summed E-state index contributed by atoms with van der Waals surface area (Å²) < 4.78 is 23.4. The molecule has 0 rings (SSSR count). The zero-order chi connectivity index (χ0) is 13.5. The van der Waals surface area contributed by atoms with E-state index in [0.717, 1.165) is 19.3 Å². The Labute approximate surface area is 104 Å². The van der Waals surface area contributed by atoms with E-state index < -0.39 is 15.8 Å². The molecule has 5 heteroatoms. The van der Waals surface area contributed by atoms with Gasteiger partial charge in [0, 0.05) is 0 Å². The third kappa shape index (κ3) is 7.26. The lowest BCUT2D eigenvalue weighted by molar-refractivity contribution is -0.129. The molecule has 0 aliphatic rings. The highest BCUT2D eigenvalue weighted by molar-refractivity contribution is 7.91. The van der Waals surface area contributed by atoms with Crippen LogP contribution < -0.4 is 0 Å². The van der Waals surface area contributed by atoms with Crippen molar-refractivity contribution in [2.75, 3.05) is 11.5 Å². The number of carbonyl (C=O) groups excluding carboxylic acids is 2. The van der Waals surface area contributed by atoms with Gasteiger partial charge in [-0.1, -0.05) is 26.2 Å². The smallest absolute Gasteiger partial charge is 0.151 e. The first kappa shape index (κ1) is 16.3. The molecule has 100 valence electrons. The molecule has 0 aromatic carbocycles. The summed E-state index contributed by atoms with van der Waals surface area (Å²) in [7, 11) is -3.29. The van der Waals surface area contributed by atoms with Crippen LogP contribution in [0.2, 0.25) is 0 Å². The fourth-order valence-corrected chi connectivity index (χ4v) is 3.39. The molecule has 0 unspecified atom stereocenters. The Bertz CT molecular complexity index is 343. The van der Waals surface area contributed by atoms with Crippen molar-refractivity contribution in [3.63, 3.8) is 0 Å². The van der Waals surface area contributed by atoms with E-state index in [1.54, 1.807) is 0 Å². The van der Waals surface area contributed by atoms with Crippen LogP contribution in [0.5, 0.6) is 0 Å². The quantitative estimate of drug-likeness (QED) is 0.469. The minimum Gasteiger partial charge on any atom is -0.299 e. The molecular weight excluding hydrogens is 240 g/mol. The molecule has 0 saturated heterocycles. The van der Waals surface area contributed by atoms with E-state index >= 15 is 0 Å². The van der Waals surface area contributed by atoms with Gasteiger partial charge >= 0.3 is 0 Å². The van der Waals surface area contributed by atoms with Crippen LogP contribution in [-0.2, 0) is 19.4 Å². The number of hydrogen-bond acceptors (Lipinski definition) is 4. The zero-order valence-electron chi connectivity index (χ0n) is 10.9. The lowest BCUT2D eigenvalue weighted by Gasteiger charge is -2.10. The van der Waals surface area contributed by atoms with Crippen molar-refractivity contribution < 1.29 is 18.0 Å². The predicted molar refractivity (Wildman–Crippen MR) is 67.6 cm³/mol. The average Bonchev–Trinajstić information content (AvgIpc) is 2.20. The van der Waals surface area contributed by atoms with Gasteiger partial charge in [-0.2, -0.15) is 0 Å². The van der Waals surface area contributed by atoms with Crippen LogP contribution in [0.1, 0.15) is 46.5 Å². The van der Waals surface area contributed by atoms with Crippen molar-refractivity contribution in [1.29, 1.82) is 0 Å². The number of rotatable bonds is 9. The normalized spacial score (nSPS) is 11.8. The zero-order valence-corrected chi connectivity index (χ0v) is 11.7. The molecule has 0 bridgehead atoms. The van der Waals surface area contributed by atoms with Crippen molar-refractivity contribution in [2.24, 2.45) is 5.92 Å². The maximum atomic E-state index is 11.7. The van der Waals surface area contributed by atoms with E-state index in [-0.39, 0.29) is 23.1 Å².